The molecule has 1 aliphatic rings. The highest BCUT2D eigenvalue weighted by atomic mass is 32.2. The zero-order chi connectivity index (χ0) is 16.9. The quantitative estimate of drug-likeness (QED) is 0.819. The van der Waals surface area contributed by atoms with Gasteiger partial charge in [-0.1, -0.05) is 0 Å². The number of aryl methyl sites for hydroxylation is 1. The summed E-state index contributed by atoms with van der Waals surface area (Å²) in [6.07, 6.45) is 8.19. The largest absolute Gasteiger partial charge is 0.353 e. The Morgan fingerprint density at radius 2 is 2.12 bits per heavy atom. The van der Waals surface area contributed by atoms with E-state index in [0.29, 0.717) is 12.1 Å². The minimum atomic E-state index is -0.0501. The van der Waals surface area contributed by atoms with E-state index in [1.54, 1.807) is 6.20 Å². The van der Waals surface area contributed by atoms with Crippen molar-refractivity contribution in [1.29, 1.82) is 0 Å². The molecule has 0 aliphatic carbocycles. The maximum atomic E-state index is 12.6. The van der Waals surface area contributed by atoms with Crippen LogP contribution in [-0.4, -0.2) is 46.2 Å². The van der Waals surface area contributed by atoms with Gasteiger partial charge in [0.15, 0.2) is 0 Å². The first kappa shape index (κ1) is 17.0. The molecule has 2 aromatic heterocycles. The Balaban J connectivity index is 1.74. The molecule has 2 aromatic rings. The first-order chi connectivity index (χ1) is 11.7. The number of amides is 1. The summed E-state index contributed by atoms with van der Waals surface area (Å²) in [4.78, 5) is 19.3. The van der Waals surface area contributed by atoms with Crippen LogP contribution in [-0.2, 0) is 7.05 Å². The number of nitrogens with zero attached hydrogens (tertiary/aromatic N) is 3. The van der Waals surface area contributed by atoms with Crippen LogP contribution in [0.1, 0.15) is 34.9 Å². The van der Waals surface area contributed by atoms with Gasteiger partial charge in [0, 0.05) is 31.7 Å². The van der Waals surface area contributed by atoms with Gasteiger partial charge >= 0.3 is 0 Å². The van der Waals surface area contributed by atoms with Gasteiger partial charge in [0.05, 0.1) is 11.6 Å². The van der Waals surface area contributed by atoms with Crippen LogP contribution in [0.4, 0.5) is 0 Å². The van der Waals surface area contributed by atoms with Crippen molar-refractivity contribution in [2.24, 2.45) is 7.05 Å². The summed E-state index contributed by atoms with van der Waals surface area (Å²) in [6, 6.07) is 8.07. The third-order valence-electron chi connectivity index (χ3n) is 4.57. The normalized spacial score (nSPS) is 16.2. The standard InChI is InChI=1S/C18H24N4OS/c1-21-10-6-8-15(21)16(22-11-3-4-12-22)13-20-17(23)14-7-5-9-19-18(14)24-2/h5-10,16H,3-4,11-13H2,1-2H3,(H,20,23)/t16-/m0/s1. The van der Waals surface area contributed by atoms with Crippen molar-refractivity contribution >= 4 is 17.7 Å². The SMILES string of the molecule is CSc1ncccc1C(=O)NC[C@@H](c1cccn1C)N1CCCC1. The van der Waals surface area contributed by atoms with Crippen LogP contribution in [0, 0.1) is 0 Å². The van der Waals surface area contributed by atoms with Gasteiger partial charge in [-0.05, 0) is 56.5 Å². The molecule has 0 bridgehead atoms. The van der Waals surface area contributed by atoms with Crippen LogP contribution in [0.2, 0.25) is 0 Å². The molecule has 128 valence electrons. The molecule has 1 amide bonds. The zero-order valence-corrected chi connectivity index (χ0v) is 15.1. The minimum Gasteiger partial charge on any atom is -0.353 e. The second-order valence-corrected chi connectivity index (χ2v) is 6.87. The van der Waals surface area contributed by atoms with Gasteiger partial charge in [0.25, 0.3) is 5.91 Å². The van der Waals surface area contributed by atoms with Gasteiger partial charge in [-0.3, -0.25) is 9.69 Å². The predicted octanol–water partition coefficient (Wildman–Crippen LogP) is 2.71. The van der Waals surface area contributed by atoms with E-state index in [9.17, 15) is 4.79 Å². The molecule has 3 rings (SSSR count). The fourth-order valence-electron chi connectivity index (χ4n) is 3.31. The van der Waals surface area contributed by atoms with E-state index in [4.69, 9.17) is 0 Å². The second kappa shape index (κ2) is 7.85. The Hall–Kier alpha value is -1.79. The van der Waals surface area contributed by atoms with Crippen molar-refractivity contribution in [1.82, 2.24) is 19.8 Å². The molecule has 0 unspecified atom stereocenters. The summed E-state index contributed by atoms with van der Waals surface area (Å²) < 4.78 is 2.15. The lowest BCUT2D eigenvalue weighted by Gasteiger charge is -2.28. The van der Waals surface area contributed by atoms with Gasteiger partial charge in [0.1, 0.15) is 5.03 Å². The highest BCUT2D eigenvalue weighted by molar-refractivity contribution is 7.98. The molecular formula is C18H24N4OS. The first-order valence-corrected chi connectivity index (χ1v) is 9.55. The molecule has 0 aromatic carbocycles. The summed E-state index contributed by atoms with van der Waals surface area (Å²) in [5.74, 6) is -0.0501. The van der Waals surface area contributed by atoms with E-state index in [1.165, 1.54) is 30.3 Å². The van der Waals surface area contributed by atoms with Crippen molar-refractivity contribution in [2.45, 2.75) is 23.9 Å². The van der Waals surface area contributed by atoms with E-state index in [0.717, 1.165) is 18.1 Å². The van der Waals surface area contributed by atoms with Crippen LogP contribution < -0.4 is 5.32 Å². The number of hydrogen-bond acceptors (Lipinski definition) is 4. The van der Waals surface area contributed by atoms with E-state index in [1.807, 2.05) is 18.4 Å². The van der Waals surface area contributed by atoms with Crippen molar-refractivity contribution in [3.8, 4) is 0 Å². The number of thioether (sulfide) groups is 1. The number of likely N-dealkylation sites (tertiary alicyclic amines) is 1. The summed E-state index contributed by atoms with van der Waals surface area (Å²) in [6.45, 7) is 2.79. The Kier molecular flexibility index (Phi) is 5.58. The van der Waals surface area contributed by atoms with E-state index in [2.05, 4.69) is 45.1 Å². The Morgan fingerprint density at radius 1 is 1.33 bits per heavy atom. The fourth-order valence-corrected chi connectivity index (χ4v) is 3.85. The number of nitrogens with one attached hydrogen (secondary N) is 1. The lowest BCUT2D eigenvalue weighted by atomic mass is 10.1. The maximum absolute atomic E-state index is 12.6. The average molecular weight is 344 g/mol. The lowest BCUT2D eigenvalue weighted by Crippen LogP contribution is -2.37. The Bertz CT molecular complexity index is 694. The Labute approximate surface area is 147 Å². The molecule has 1 atom stereocenters. The van der Waals surface area contributed by atoms with E-state index in [-0.39, 0.29) is 11.9 Å². The third kappa shape index (κ3) is 3.65. The summed E-state index contributed by atoms with van der Waals surface area (Å²) in [7, 11) is 2.06. The average Bonchev–Trinajstić information content (AvgIpc) is 3.27. The molecule has 1 fully saturated rings. The zero-order valence-electron chi connectivity index (χ0n) is 14.2. The van der Waals surface area contributed by atoms with Crippen molar-refractivity contribution in [3.05, 3.63) is 47.9 Å². The lowest BCUT2D eigenvalue weighted by molar-refractivity contribution is 0.0933. The molecule has 6 heteroatoms. The molecule has 1 saturated heterocycles. The van der Waals surface area contributed by atoms with Gasteiger partial charge in [-0.25, -0.2) is 4.98 Å². The molecule has 1 aliphatic heterocycles. The smallest absolute Gasteiger partial charge is 0.254 e. The highest BCUT2D eigenvalue weighted by Gasteiger charge is 2.26. The number of carbonyl (C=O) groups is 1. The van der Waals surface area contributed by atoms with Crippen LogP contribution in [0.5, 0.6) is 0 Å². The number of pyridine rings is 1. The van der Waals surface area contributed by atoms with Crippen molar-refractivity contribution in [2.75, 3.05) is 25.9 Å². The number of hydrogen-bond donors (Lipinski definition) is 1. The number of carbonyl (C=O) groups excluding carboxylic acids is 1. The molecule has 3 heterocycles. The second-order valence-electron chi connectivity index (χ2n) is 6.07. The summed E-state index contributed by atoms with van der Waals surface area (Å²) in [5, 5.41) is 3.89. The maximum Gasteiger partial charge on any atom is 0.254 e. The van der Waals surface area contributed by atoms with Crippen LogP contribution >= 0.6 is 11.8 Å². The fraction of sp³-hybridized carbons (Fsp3) is 0.444. The van der Waals surface area contributed by atoms with Crippen LogP contribution in [0.3, 0.4) is 0 Å². The third-order valence-corrected chi connectivity index (χ3v) is 5.28. The van der Waals surface area contributed by atoms with E-state index >= 15 is 0 Å². The minimum absolute atomic E-state index is 0.0501. The molecule has 0 spiro atoms. The van der Waals surface area contributed by atoms with E-state index < -0.39 is 0 Å². The molecule has 0 saturated carbocycles. The number of rotatable bonds is 6. The summed E-state index contributed by atoms with van der Waals surface area (Å²) >= 11 is 1.50. The summed E-state index contributed by atoms with van der Waals surface area (Å²) in [5.41, 5.74) is 1.89. The van der Waals surface area contributed by atoms with Gasteiger partial charge < -0.3 is 9.88 Å². The molecule has 0 radical (unpaired) electrons. The van der Waals surface area contributed by atoms with Crippen LogP contribution in [0.15, 0.2) is 41.7 Å². The first-order valence-electron chi connectivity index (χ1n) is 8.33. The van der Waals surface area contributed by atoms with Gasteiger partial charge in [-0.2, -0.15) is 0 Å². The predicted molar refractivity (Wildman–Crippen MR) is 97.3 cm³/mol. The molecule has 1 N–H and O–H groups in total. The molecule has 5 nitrogen and oxygen atoms in total. The highest BCUT2D eigenvalue weighted by Crippen LogP contribution is 2.25. The van der Waals surface area contributed by atoms with Crippen molar-refractivity contribution in [3.63, 3.8) is 0 Å². The Morgan fingerprint density at radius 3 is 2.79 bits per heavy atom. The van der Waals surface area contributed by atoms with Gasteiger partial charge in [0.2, 0.25) is 0 Å². The van der Waals surface area contributed by atoms with Crippen molar-refractivity contribution < 1.29 is 4.79 Å². The molecular weight excluding hydrogens is 320 g/mol. The van der Waals surface area contributed by atoms with Crippen LogP contribution in [0.25, 0.3) is 0 Å². The monoisotopic (exact) mass is 344 g/mol. The topological polar surface area (TPSA) is 50.2 Å². The number of aromatic nitrogens is 2. The molecule has 24 heavy (non-hydrogen) atoms. The van der Waals surface area contributed by atoms with Gasteiger partial charge in [-0.15, -0.1) is 11.8 Å².